The summed E-state index contributed by atoms with van der Waals surface area (Å²) in [5.74, 6) is 0.184. The molecule has 0 bridgehead atoms. The Morgan fingerprint density at radius 1 is 1.31 bits per heavy atom. The van der Waals surface area contributed by atoms with Gasteiger partial charge in [-0.05, 0) is 25.5 Å². The van der Waals surface area contributed by atoms with E-state index < -0.39 is 0 Å². The molecule has 16 heavy (non-hydrogen) atoms. The number of carbonyl (C=O) groups excluding carboxylic acids is 1. The number of hydrogen-bond acceptors (Lipinski definition) is 1. The van der Waals surface area contributed by atoms with E-state index in [0.717, 1.165) is 18.7 Å². The van der Waals surface area contributed by atoms with Crippen LogP contribution in [0.4, 0.5) is 0 Å². The minimum Gasteiger partial charge on any atom is -0.343 e. The zero-order valence-electron chi connectivity index (χ0n) is 9.94. The summed E-state index contributed by atoms with van der Waals surface area (Å²) in [6.07, 6.45) is 4.35. The molecule has 1 rings (SSSR count). The summed E-state index contributed by atoms with van der Waals surface area (Å²) in [5, 5.41) is 0. The maximum atomic E-state index is 11.7. The minimum absolute atomic E-state index is 0.184. The Bertz CT molecular complexity index is 339. The van der Waals surface area contributed by atoms with E-state index in [1.807, 2.05) is 55.2 Å². The molecule has 2 heteroatoms. The first-order chi connectivity index (χ1) is 7.77. The summed E-state index contributed by atoms with van der Waals surface area (Å²) < 4.78 is 0. The van der Waals surface area contributed by atoms with Gasteiger partial charge in [0.25, 0.3) is 0 Å². The highest BCUT2D eigenvalue weighted by atomic mass is 16.2. The summed E-state index contributed by atoms with van der Waals surface area (Å²) in [4.78, 5) is 13.5. The molecule has 2 nitrogen and oxygen atoms in total. The molecule has 0 saturated heterocycles. The highest BCUT2D eigenvalue weighted by Gasteiger charge is 2.05. The van der Waals surface area contributed by atoms with Gasteiger partial charge in [-0.2, -0.15) is 0 Å². The van der Waals surface area contributed by atoms with Gasteiger partial charge >= 0.3 is 0 Å². The fraction of sp³-hybridized carbons (Fsp3) is 0.357. The third-order valence-corrected chi connectivity index (χ3v) is 2.46. The molecule has 1 aromatic rings. The summed E-state index contributed by atoms with van der Waals surface area (Å²) >= 11 is 0. The van der Waals surface area contributed by atoms with E-state index >= 15 is 0 Å². The molecule has 0 unspecified atom stereocenters. The van der Waals surface area contributed by atoms with Gasteiger partial charge in [-0.15, -0.1) is 0 Å². The SMILES string of the molecule is CCN(CC)C(=O)C/C=C/c1cc[c]cc1. The number of amides is 1. The second kappa shape index (κ2) is 6.83. The van der Waals surface area contributed by atoms with E-state index in [2.05, 4.69) is 6.07 Å². The average Bonchev–Trinajstić information content (AvgIpc) is 2.32. The second-order valence-electron chi connectivity index (χ2n) is 3.51. The van der Waals surface area contributed by atoms with E-state index in [-0.39, 0.29) is 5.91 Å². The third kappa shape index (κ3) is 3.89. The molecule has 1 radical (unpaired) electrons. The fourth-order valence-corrected chi connectivity index (χ4v) is 1.51. The third-order valence-electron chi connectivity index (χ3n) is 2.46. The zero-order chi connectivity index (χ0) is 11.8. The quantitative estimate of drug-likeness (QED) is 0.741. The van der Waals surface area contributed by atoms with Gasteiger partial charge in [0, 0.05) is 19.5 Å². The van der Waals surface area contributed by atoms with Crippen molar-refractivity contribution in [2.45, 2.75) is 20.3 Å². The Hall–Kier alpha value is -1.57. The molecule has 0 aliphatic carbocycles. The van der Waals surface area contributed by atoms with Gasteiger partial charge in [-0.25, -0.2) is 0 Å². The van der Waals surface area contributed by atoms with Crippen molar-refractivity contribution in [3.63, 3.8) is 0 Å². The van der Waals surface area contributed by atoms with Crippen LogP contribution in [0.5, 0.6) is 0 Å². The first-order valence-electron chi connectivity index (χ1n) is 5.68. The van der Waals surface area contributed by atoms with Crippen molar-refractivity contribution in [2.24, 2.45) is 0 Å². The molecule has 0 fully saturated rings. The van der Waals surface area contributed by atoms with Crippen molar-refractivity contribution in [1.29, 1.82) is 0 Å². The summed E-state index contributed by atoms with van der Waals surface area (Å²) in [6, 6.07) is 10.6. The van der Waals surface area contributed by atoms with Crippen LogP contribution in [0.25, 0.3) is 6.08 Å². The molecule has 0 aromatic heterocycles. The number of benzene rings is 1. The van der Waals surface area contributed by atoms with Crippen LogP contribution < -0.4 is 0 Å². The molecule has 0 aliphatic heterocycles. The largest absolute Gasteiger partial charge is 0.343 e. The zero-order valence-corrected chi connectivity index (χ0v) is 9.94. The maximum absolute atomic E-state index is 11.7. The Morgan fingerprint density at radius 2 is 1.94 bits per heavy atom. The van der Waals surface area contributed by atoms with Crippen LogP contribution in [0, 0.1) is 6.07 Å². The summed E-state index contributed by atoms with van der Waals surface area (Å²) in [5.41, 5.74) is 1.10. The summed E-state index contributed by atoms with van der Waals surface area (Å²) in [7, 11) is 0. The Labute approximate surface area is 97.6 Å². The van der Waals surface area contributed by atoms with Crippen molar-refractivity contribution in [2.75, 3.05) is 13.1 Å². The molecule has 0 spiro atoms. The Balaban J connectivity index is 2.45. The summed E-state index contributed by atoms with van der Waals surface area (Å²) in [6.45, 7) is 5.56. The normalized spacial score (nSPS) is 10.6. The second-order valence-corrected chi connectivity index (χ2v) is 3.51. The molecule has 1 amide bonds. The van der Waals surface area contributed by atoms with Crippen LogP contribution in [0.2, 0.25) is 0 Å². The number of carbonyl (C=O) groups is 1. The van der Waals surface area contributed by atoms with Gasteiger partial charge in [0.15, 0.2) is 0 Å². The van der Waals surface area contributed by atoms with Crippen LogP contribution in [0.15, 0.2) is 30.3 Å². The molecular formula is C14H18NO. The van der Waals surface area contributed by atoms with Gasteiger partial charge in [0.1, 0.15) is 0 Å². The fourth-order valence-electron chi connectivity index (χ4n) is 1.51. The van der Waals surface area contributed by atoms with Gasteiger partial charge in [0.2, 0.25) is 5.91 Å². The van der Waals surface area contributed by atoms with E-state index in [0.29, 0.717) is 6.42 Å². The van der Waals surface area contributed by atoms with Crippen molar-refractivity contribution in [1.82, 2.24) is 4.90 Å². The van der Waals surface area contributed by atoms with Crippen LogP contribution in [0.3, 0.4) is 0 Å². The Kier molecular flexibility index (Phi) is 5.34. The minimum atomic E-state index is 0.184. The number of hydrogen-bond donors (Lipinski definition) is 0. The molecule has 1 aromatic carbocycles. The molecule has 0 atom stereocenters. The smallest absolute Gasteiger partial charge is 0.226 e. The number of nitrogens with zero attached hydrogens (tertiary/aromatic N) is 1. The van der Waals surface area contributed by atoms with Crippen LogP contribution in [0.1, 0.15) is 25.8 Å². The monoisotopic (exact) mass is 216 g/mol. The molecular weight excluding hydrogens is 198 g/mol. The molecule has 0 N–H and O–H groups in total. The van der Waals surface area contributed by atoms with Crippen molar-refractivity contribution in [3.05, 3.63) is 42.0 Å². The van der Waals surface area contributed by atoms with E-state index in [9.17, 15) is 4.79 Å². The lowest BCUT2D eigenvalue weighted by atomic mass is 10.2. The topological polar surface area (TPSA) is 20.3 Å². The van der Waals surface area contributed by atoms with E-state index in [4.69, 9.17) is 0 Å². The van der Waals surface area contributed by atoms with Gasteiger partial charge in [0.05, 0.1) is 0 Å². The van der Waals surface area contributed by atoms with Crippen molar-refractivity contribution >= 4 is 12.0 Å². The maximum Gasteiger partial charge on any atom is 0.226 e. The van der Waals surface area contributed by atoms with Crippen LogP contribution >= 0.6 is 0 Å². The average molecular weight is 216 g/mol. The predicted molar refractivity (Wildman–Crippen MR) is 66.9 cm³/mol. The van der Waals surface area contributed by atoms with Crippen molar-refractivity contribution in [3.8, 4) is 0 Å². The lowest BCUT2D eigenvalue weighted by Crippen LogP contribution is -2.29. The Morgan fingerprint density at radius 3 is 2.50 bits per heavy atom. The predicted octanol–water partition coefficient (Wildman–Crippen LogP) is 2.76. The highest BCUT2D eigenvalue weighted by molar-refractivity contribution is 5.78. The van der Waals surface area contributed by atoms with E-state index in [1.54, 1.807) is 0 Å². The lowest BCUT2D eigenvalue weighted by Gasteiger charge is -2.17. The first kappa shape index (κ1) is 12.5. The van der Waals surface area contributed by atoms with Crippen LogP contribution in [-0.2, 0) is 4.79 Å². The van der Waals surface area contributed by atoms with Gasteiger partial charge < -0.3 is 4.90 Å². The number of rotatable bonds is 5. The van der Waals surface area contributed by atoms with Gasteiger partial charge in [-0.3, -0.25) is 4.79 Å². The standard InChI is InChI=1S/C14H18NO/c1-3-15(4-2)14(16)12-8-11-13-9-6-5-7-10-13/h6-11H,3-4,12H2,1-2H3/b11-8+. The van der Waals surface area contributed by atoms with Crippen molar-refractivity contribution < 1.29 is 4.79 Å². The lowest BCUT2D eigenvalue weighted by molar-refractivity contribution is -0.129. The molecule has 0 aliphatic rings. The molecule has 0 saturated carbocycles. The van der Waals surface area contributed by atoms with Gasteiger partial charge in [-0.1, -0.05) is 36.4 Å². The molecule has 85 valence electrons. The first-order valence-corrected chi connectivity index (χ1v) is 5.68. The molecule has 0 heterocycles. The van der Waals surface area contributed by atoms with E-state index in [1.165, 1.54) is 0 Å². The van der Waals surface area contributed by atoms with Crippen LogP contribution in [-0.4, -0.2) is 23.9 Å². The highest BCUT2D eigenvalue weighted by Crippen LogP contribution is 2.02.